The molecule has 0 radical (unpaired) electrons. The van der Waals surface area contributed by atoms with E-state index in [1.807, 2.05) is 0 Å². The van der Waals surface area contributed by atoms with E-state index in [9.17, 15) is 14.7 Å². The number of aliphatic hydroxyl groups excluding tert-OH is 1. The number of carbonyl (C=O) groups is 2. The summed E-state index contributed by atoms with van der Waals surface area (Å²) in [6.07, 6.45) is 0.773. The van der Waals surface area contributed by atoms with Crippen molar-refractivity contribution in [1.82, 2.24) is 10.2 Å². The molecule has 0 aliphatic carbocycles. The van der Waals surface area contributed by atoms with Gasteiger partial charge in [-0.15, -0.1) is 0 Å². The van der Waals surface area contributed by atoms with Crippen LogP contribution in [0.1, 0.15) is 19.3 Å². The van der Waals surface area contributed by atoms with Crippen LogP contribution in [0.15, 0.2) is 0 Å². The number of β-amino-alcohol motifs (C(OH)–C–C–N with tert-alkyl or cyclic N) is 1. The van der Waals surface area contributed by atoms with E-state index in [1.165, 1.54) is 4.90 Å². The van der Waals surface area contributed by atoms with Gasteiger partial charge in [-0.05, 0) is 25.4 Å². The van der Waals surface area contributed by atoms with E-state index in [2.05, 4.69) is 5.32 Å². The molecule has 0 spiro atoms. The molecule has 2 aliphatic heterocycles. The van der Waals surface area contributed by atoms with Crippen LogP contribution >= 0.6 is 0 Å². The Kier molecular flexibility index (Phi) is 3.63. The third-order valence-corrected chi connectivity index (χ3v) is 3.51. The summed E-state index contributed by atoms with van der Waals surface area (Å²) >= 11 is 0. The highest BCUT2D eigenvalue weighted by Gasteiger charge is 2.39. The zero-order valence-electron chi connectivity index (χ0n) is 9.63. The monoisotopic (exact) mass is 242 g/mol. The summed E-state index contributed by atoms with van der Waals surface area (Å²) < 4.78 is 0. The smallest absolute Gasteiger partial charge is 0.326 e. The molecule has 3 N–H and O–H groups in total. The van der Waals surface area contributed by atoms with Gasteiger partial charge in [0.05, 0.1) is 6.10 Å². The molecule has 2 heterocycles. The van der Waals surface area contributed by atoms with Crippen LogP contribution in [0.5, 0.6) is 0 Å². The Hall–Kier alpha value is -1.14. The molecule has 1 amide bonds. The Labute approximate surface area is 99.6 Å². The standard InChI is InChI=1S/C11H18N2O4/c14-8-4-9(11(16)17)13(6-8)10(15)3-7-1-2-12-5-7/h7-9,12,14H,1-6H2,(H,16,17)/t7?,8-,9-/m0/s1. The summed E-state index contributed by atoms with van der Waals surface area (Å²) in [5, 5.41) is 21.6. The van der Waals surface area contributed by atoms with Crippen LogP contribution in [-0.2, 0) is 9.59 Å². The zero-order valence-corrected chi connectivity index (χ0v) is 9.63. The minimum atomic E-state index is -1.03. The first-order valence-electron chi connectivity index (χ1n) is 5.99. The molecule has 3 atom stereocenters. The fraction of sp³-hybridized carbons (Fsp3) is 0.818. The van der Waals surface area contributed by atoms with Gasteiger partial charge >= 0.3 is 5.97 Å². The molecule has 2 saturated heterocycles. The number of carbonyl (C=O) groups excluding carboxylic acids is 1. The maximum atomic E-state index is 12.0. The largest absolute Gasteiger partial charge is 0.480 e. The lowest BCUT2D eigenvalue weighted by molar-refractivity contribution is -0.148. The molecule has 0 aromatic heterocycles. The Morgan fingerprint density at radius 2 is 2.18 bits per heavy atom. The molecule has 0 aromatic rings. The lowest BCUT2D eigenvalue weighted by Crippen LogP contribution is -2.41. The number of nitrogens with one attached hydrogen (secondary N) is 1. The number of aliphatic carboxylic acids is 1. The Bertz CT molecular complexity index is 315. The van der Waals surface area contributed by atoms with Gasteiger partial charge in [-0.25, -0.2) is 4.79 Å². The predicted molar refractivity (Wildman–Crippen MR) is 59.4 cm³/mol. The van der Waals surface area contributed by atoms with Crippen LogP contribution in [0.4, 0.5) is 0 Å². The molecule has 2 fully saturated rings. The fourth-order valence-electron chi connectivity index (χ4n) is 2.58. The highest BCUT2D eigenvalue weighted by atomic mass is 16.4. The van der Waals surface area contributed by atoms with Gasteiger partial charge in [0.15, 0.2) is 0 Å². The first kappa shape index (κ1) is 12.3. The van der Waals surface area contributed by atoms with E-state index in [0.29, 0.717) is 12.3 Å². The molecule has 0 saturated carbocycles. The molecule has 2 rings (SSSR count). The van der Waals surface area contributed by atoms with E-state index in [0.717, 1.165) is 19.5 Å². The van der Waals surface area contributed by atoms with Gasteiger partial charge in [-0.1, -0.05) is 0 Å². The lowest BCUT2D eigenvalue weighted by Gasteiger charge is -2.22. The number of amides is 1. The van der Waals surface area contributed by atoms with Gasteiger partial charge in [0.1, 0.15) is 6.04 Å². The van der Waals surface area contributed by atoms with E-state index < -0.39 is 18.1 Å². The molecule has 1 unspecified atom stereocenters. The number of carboxylic acids is 1. The van der Waals surface area contributed by atoms with Crippen molar-refractivity contribution in [3.63, 3.8) is 0 Å². The van der Waals surface area contributed by atoms with Gasteiger partial charge in [0.2, 0.25) is 5.91 Å². The third kappa shape index (κ3) is 2.76. The van der Waals surface area contributed by atoms with Gasteiger partial charge in [-0.2, -0.15) is 0 Å². The normalized spacial score (nSPS) is 33.0. The Balaban J connectivity index is 1.94. The molecule has 96 valence electrons. The predicted octanol–water partition coefficient (Wildman–Crippen LogP) is -0.968. The number of aliphatic hydroxyl groups is 1. The van der Waals surface area contributed by atoms with E-state index in [1.54, 1.807) is 0 Å². The highest BCUT2D eigenvalue weighted by molar-refractivity contribution is 5.84. The minimum absolute atomic E-state index is 0.143. The molecule has 6 heteroatoms. The van der Waals surface area contributed by atoms with Crippen LogP contribution in [0, 0.1) is 5.92 Å². The maximum absolute atomic E-state index is 12.0. The summed E-state index contributed by atoms with van der Waals surface area (Å²) in [5.41, 5.74) is 0. The average Bonchev–Trinajstić information content (AvgIpc) is 2.86. The van der Waals surface area contributed by atoms with Gasteiger partial charge < -0.3 is 20.4 Å². The van der Waals surface area contributed by atoms with Gasteiger partial charge in [0.25, 0.3) is 0 Å². The molecular formula is C11H18N2O4. The fourth-order valence-corrected chi connectivity index (χ4v) is 2.58. The van der Waals surface area contributed by atoms with Crippen molar-refractivity contribution in [2.45, 2.75) is 31.4 Å². The highest BCUT2D eigenvalue weighted by Crippen LogP contribution is 2.22. The van der Waals surface area contributed by atoms with Gasteiger partial charge in [-0.3, -0.25) is 4.79 Å². The van der Waals surface area contributed by atoms with E-state index in [-0.39, 0.29) is 18.9 Å². The van der Waals surface area contributed by atoms with Gasteiger partial charge in [0, 0.05) is 19.4 Å². The molecule has 2 aliphatic rings. The van der Waals surface area contributed by atoms with Crippen LogP contribution in [0.25, 0.3) is 0 Å². The summed E-state index contributed by atoms with van der Waals surface area (Å²) in [5.74, 6) is -0.878. The molecule has 6 nitrogen and oxygen atoms in total. The van der Waals surface area contributed by atoms with Crippen LogP contribution in [0.2, 0.25) is 0 Å². The molecule has 0 bridgehead atoms. The first-order chi connectivity index (χ1) is 8.08. The zero-order chi connectivity index (χ0) is 12.4. The van der Waals surface area contributed by atoms with Crippen LogP contribution in [0.3, 0.4) is 0 Å². The number of hydrogen-bond donors (Lipinski definition) is 3. The minimum Gasteiger partial charge on any atom is -0.480 e. The van der Waals surface area contributed by atoms with Crippen molar-refractivity contribution in [2.24, 2.45) is 5.92 Å². The van der Waals surface area contributed by atoms with Crippen molar-refractivity contribution in [3.05, 3.63) is 0 Å². The topological polar surface area (TPSA) is 89.9 Å². The molecule has 0 aromatic carbocycles. The third-order valence-electron chi connectivity index (χ3n) is 3.51. The van der Waals surface area contributed by atoms with E-state index >= 15 is 0 Å². The number of nitrogens with zero attached hydrogens (tertiary/aromatic N) is 1. The maximum Gasteiger partial charge on any atom is 0.326 e. The van der Waals surface area contributed by atoms with Crippen molar-refractivity contribution in [2.75, 3.05) is 19.6 Å². The summed E-state index contributed by atoms with van der Waals surface area (Å²) in [6.45, 7) is 1.89. The summed E-state index contributed by atoms with van der Waals surface area (Å²) in [7, 11) is 0. The molecule has 17 heavy (non-hydrogen) atoms. The van der Waals surface area contributed by atoms with Crippen molar-refractivity contribution in [1.29, 1.82) is 0 Å². The van der Waals surface area contributed by atoms with Crippen molar-refractivity contribution in [3.8, 4) is 0 Å². The number of likely N-dealkylation sites (tertiary alicyclic amines) is 1. The Morgan fingerprint density at radius 3 is 2.76 bits per heavy atom. The molecular weight excluding hydrogens is 224 g/mol. The second-order valence-corrected chi connectivity index (χ2v) is 4.85. The lowest BCUT2D eigenvalue weighted by atomic mass is 10.0. The second-order valence-electron chi connectivity index (χ2n) is 4.85. The van der Waals surface area contributed by atoms with Crippen LogP contribution in [-0.4, -0.2) is 58.8 Å². The summed E-state index contributed by atoms with van der Waals surface area (Å²) in [4.78, 5) is 24.3. The SMILES string of the molecule is O=C(O)[C@@H]1C[C@H](O)CN1C(=O)CC1CCNC1. The number of rotatable bonds is 3. The number of carboxylic acid groups (broad SMARTS) is 1. The quantitative estimate of drug-likeness (QED) is 0.592. The van der Waals surface area contributed by atoms with Crippen LogP contribution < -0.4 is 5.32 Å². The number of hydrogen-bond acceptors (Lipinski definition) is 4. The summed E-state index contributed by atoms with van der Waals surface area (Å²) in [6, 6.07) is -0.855. The second kappa shape index (κ2) is 5.01. The van der Waals surface area contributed by atoms with E-state index in [4.69, 9.17) is 5.11 Å². The average molecular weight is 242 g/mol. The van der Waals surface area contributed by atoms with Crippen molar-refractivity contribution < 1.29 is 19.8 Å². The van der Waals surface area contributed by atoms with Crippen molar-refractivity contribution >= 4 is 11.9 Å². The first-order valence-corrected chi connectivity index (χ1v) is 5.99. The Morgan fingerprint density at radius 1 is 1.41 bits per heavy atom.